The standard InChI is InChI=1S/C35H48N2O7/c1-35(2,3)44-34(38)37(18-20-40-22-24-41-23-21-39-19-17-36-4)26-31-15-16-32(42-27-29-11-7-5-8-12-29)33(25-31)43-28-30-13-9-6-10-14-30/h5-16,25,36H,17-24,26-28H2,1-4H3. The second-order valence-electron chi connectivity index (χ2n) is 11.2. The average Bonchev–Trinajstić information content (AvgIpc) is 3.01. The van der Waals surface area contributed by atoms with E-state index in [1.54, 1.807) is 4.90 Å². The highest BCUT2D eigenvalue weighted by Crippen LogP contribution is 2.31. The quantitative estimate of drug-likeness (QED) is 0.160. The highest BCUT2D eigenvalue weighted by molar-refractivity contribution is 5.68. The smallest absolute Gasteiger partial charge is 0.410 e. The fourth-order valence-electron chi connectivity index (χ4n) is 4.03. The molecule has 9 nitrogen and oxygen atoms in total. The average molecular weight is 609 g/mol. The van der Waals surface area contributed by atoms with E-state index < -0.39 is 11.7 Å². The molecule has 0 atom stereocenters. The summed E-state index contributed by atoms with van der Waals surface area (Å²) in [6.07, 6.45) is -0.410. The maximum Gasteiger partial charge on any atom is 0.410 e. The lowest BCUT2D eigenvalue weighted by Gasteiger charge is -2.27. The summed E-state index contributed by atoms with van der Waals surface area (Å²) in [6.45, 7) is 10.8. The van der Waals surface area contributed by atoms with Gasteiger partial charge in [0.25, 0.3) is 0 Å². The van der Waals surface area contributed by atoms with Gasteiger partial charge in [0.2, 0.25) is 0 Å². The third kappa shape index (κ3) is 14.2. The number of carbonyl (C=O) groups is 1. The Hall–Kier alpha value is -3.63. The molecule has 0 bridgehead atoms. The van der Waals surface area contributed by atoms with Crippen LogP contribution in [0.3, 0.4) is 0 Å². The maximum absolute atomic E-state index is 13.1. The van der Waals surface area contributed by atoms with Gasteiger partial charge >= 0.3 is 6.09 Å². The zero-order valence-electron chi connectivity index (χ0n) is 26.6. The first-order valence-electron chi connectivity index (χ1n) is 15.2. The van der Waals surface area contributed by atoms with Crippen LogP contribution in [0, 0.1) is 0 Å². The van der Waals surface area contributed by atoms with Gasteiger partial charge in [-0.3, -0.25) is 0 Å². The van der Waals surface area contributed by atoms with E-state index in [0.29, 0.717) is 77.4 Å². The van der Waals surface area contributed by atoms with Gasteiger partial charge in [0.05, 0.1) is 39.6 Å². The van der Waals surface area contributed by atoms with Crippen LogP contribution < -0.4 is 14.8 Å². The molecular weight excluding hydrogens is 560 g/mol. The molecule has 0 saturated carbocycles. The molecular formula is C35H48N2O7. The molecule has 0 aromatic heterocycles. The Bertz CT molecular complexity index is 1200. The van der Waals surface area contributed by atoms with E-state index >= 15 is 0 Å². The van der Waals surface area contributed by atoms with Crippen LogP contribution in [-0.4, -0.2) is 76.4 Å². The van der Waals surface area contributed by atoms with Crippen LogP contribution in [0.4, 0.5) is 4.79 Å². The minimum atomic E-state index is -0.627. The zero-order valence-corrected chi connectivity index (χ0v) is 26.6. The molecule has 9 heteroatoms. The molecule has 3 aromatic carbocycles. The van der Waals surface area contributed by atoms with Crippen LogP contribution in [0.2, 0.25) is 0 Å². The number of likely N-dealkylation sites (N-methyl/N-ethyl adjacent to an activating group) is 1. The molecule has 0 fully saturated rings. The van der Waals surface area contributed by atoms with Crippen molar-refractivity contribution in [2.45, 2.75) is 46.1 Å². The van der Waals surface area contributed by atoms with Gasteiger partial charge in [-0.2, -0.15) is 0 Å². The molecule has 1 N–H and O–H groups in total. The molecule has 0 heterocycles. The Morgan fingerprint density at radius 1 is 0.682 bits per heavy atom. The van der Waals surface area contributed by atoms with E-state index in [0.717, 1.165) is 23.2 Å². The van der Waals surface area contributed by atoms with Crippen molar-refractivity contribution >= 4 is 6.09 Å². The van der Waals surface area contributed by atoms with Crippen LogP contribution in [0.25, 0.3) is 0 Å². The molecule has 0 unspecified atom stereocenters. The third-order valence-electron chi connectivity index (χ3n) is 6.25. The van der Waals surface area contributed by atoms with Gasteiger partial charge in [-0.05, 0) is 56.6 Å². The number of nitrogens with zero attached hydrogens (tertiary/aromatic N) is 1. The minimum Gasteiger partial charge on any atom is -0.485 e. The van der Waals surface area contributed by atoms with Crippen LogP contribution in [-0.2, 0) is 38.7 Å². The number of amides is 1. The third-order valence-corrected chi connectivity index (χ3v) is 6.25. The van der Waals surface area contributed by atoms with Gasteiger partial charge < -0.3 is 38.6 Å². The molecule has 3 rings (SSSR count). The lowest BCUT2D eigenvalue weighted by atomic mass is 10.1. The summed E-state index contributed by atoms with van der Waals surface area (Å²) >= 11 is 0. The van der Waals surface area contributed by atoms with Crippen molar-refractivity contribution in [1.29, 1.82) is 0 Å². The number of ether oxygens (including phenoxy) is 6. The summed E-state index contributed by atoms with van der Waals surface area (Å²) < 4.78 is 34.9. The molecule has 0 radical (unpaired) electrons. The predicted octanol–water partition coefficient (Wildman–Crippen LogP) is 5.85. The van der Waals surface area contributed by atoms with Crippen molar-refractivity contribution in [3.63, 3.8) is 0 Å². The predicted molar refractivity (Wildman–Crippen MR) is 171 cm³/mol. The fourth-order valence-corrected chi connectivity index (χ4v) is 4.03. The first kappa shape index (κ1) is 34.9. The van der Waals surface area contributed by atoms with E-state index in [2.05, 4.69) is 5.32 Å². The molecule has 0 saturated heterocycles. The van der Waals surface area contributed by atoms with Gasteiger partial charge in [-0.1, -0.05) is 66.7 Å². The molecule has 0 spiro atoms. The number of nitrogens with one attached hydrogen (secondary N) is 1. The zero-order chi connectivity index (χ0) is 31.5. The van der Waals surface area contributed by atoms with Crippen molar-refractivity contribution in [2.24, 2.45) is 0 Å². The summed E-state index contributed by atoms with van der Waals surface area (Å²) in [7, 11) is 1.89. The largest absolute Gasteiger partial charge is 0.485 e. The lowest BCUT2D eigenvalue weighted by molar-refractivity contribution is 0.000934. The Morgan fingerprint density at radius 2 is 1.23 bits per heavy atom. The van der Waals surface area contributed by atoms with Crippen molar-refractivity contribution in [3.05, 3.63) is 95.6 Å². The summed E-state index contributed by atoms with van der Waals surface area (Å²) in [5.74, 6) is 1.24. The van der Waals surface area contributed by atoms with E-state index in [1.165, 1.54) is 0 Å². The van der Waals surface area contributed by atoms with Gasteiger partial charge in [0.1, 0.15) is 18.8 Å². The molecule has 0 aliphatic rings. The summed E-state index contributed by atoms with van der Waals surface area (Å²) in [6, 6.07) is 25.7. The van der Waals surface area contributed by atoms with Crippen LogP contribution in [0.1, 0.15) is 37.5 Å². The second-order valence-corrected chi connectivity index (χ2v) is 11.2. The van der Waals surface area contributed by atoms with E-state index in [9.17, 15) is 4.79 Å². The van der Waals surface area contributed by atoms with Crippen molar-refractivity contribution in [1.82, 2.24) is 10.2 Å². The monoisotopic (exact) mass is 608 g/mol. The number of carbonyl (C=O) groups excluding carboxylic acids is 1. The van der Waals surface area contributed by atoms with Crippen molar-refractivity contribution in [3.8, 4) is 11.5 Å². The van der Waals surface area contributed by atoms with Crippen LogP contribution in [0.5, 0.6) is 11.5 Å². The van der Waals surface area contributed by atoms with E-state index in [4.69, 9.17) is 28.4 Å². The van der Waals surface area contributed by atoms with Crippen molar-refractivity contribution in [2.75, 3.05) is 59.8 Å². The topological polar surface area (TPSA) is 87.7 Å². The first-order valence-corrected chi connectivity index (χ1v) is 15.2. The normalized spacial score (nSPS) is 11.3. The summed E-state index contributed by atoms with van der Waals surface area (Å²) in [5.41, 5.74) is 2.36. The van der Waals surface area contributed by atoms with Gasteiger partial charge in [-0.15, -0.1) is 0 Å². The molecule has 0 aliphatic carbocycles. The number of hydrogen-bond donors (Lipinski definition) is 1. The minimum absolute atomic E-state index is 0.319. The Morgan fingerprint density at radius 3 is 1.80 bits per heavy atom. The van der Waals surface area contributed by atoms with E-state index in [1.807, 2.05) is 107 Å². The first-order chi connectivity index (χ1) is 21.3. The number of rotatable bonds is 20. The number of hydrogen-bond acceptors (Lipinski definition) is 8. The summed E-state index contributed by atoms with van der Waals surface area (Å²) in [4.78, 5) is 14.8. The SMILES string of the molecule is CNCCOCCOCCOCCN(Cc1ccc(OCc2ccccc2)c(OCc2ccccc2)c1)C(=O)OC(C)(C)C. The van der Waals surface area contributed by atoms with Crippen LogP contribution >= 0.6 is 0 Å². The molecule has 44 heavy (non-hydrogen) atoms. The maximum atomic E-state index is 13.1. The molecule has 240 valence electrons. The molecule has 1 amide bonds. The Labute approximate surface area is 262 Å². The van der Waals surface area contributed by atoms with Gasteiger partial charge in [0.15, 0.2) is 11.5 Å². The summed E-state index contributed by atoms with van der Waals surface area (Å²) in [5, 5.41) is 3.03. The fraction of sp³-hybridized carbons (Fsp3) is 0.457. The number of benzene rings is 3. The molecule has 3 aromatic rings. The van der Waals surface area contributed by atoms with E-state index in [-0.39, 0.29) is 0 Å². The Balaban J connectivity index is 1.62. The Kier molecular flexibility index (Phi) is 15.5. The van der Waals surface area contributed by atoms with Gasteiger partial charge in [-0.25, -0.2) is 4.79 Å². The highest BCUT2D eigenvalue weighted by Gasteiger charge is 2.23. The highest BCUT2D eigenvalue weighted by atomic mass is 16.6. The van der Waals surface area contributed by atoms with Crippen molar-refractivity contribution < 1.29 is 33.2 Å². The molecule has 0 aliphatic heterocycles. The van der Waals surface area contributed by atoms with Crippen LogP contribution in [0.15, 0.2) is 78.9 Å². The van der Waals surface area contributed by atoms with Gasteiger partial charge in [0, 0.05) is 19.6 Å². The lowest BCUT2D eigenvalue weighted by Crippen LogP contribution is -2.38. The second kappa shape index (κ2) is 19.6.